The summed E-state index contributed by atoms with van der Waals surface area (Å²) in [7, 11) is 0. The third kappa shape index (κ3) is 3.21. The van der Waals surface area contributed by atoms with Gasteiger partial charge >= 0.3 is 0 Å². The zero-order chi connectivity index (χ0) is 21.9. The molecule has 2 unspecified atom stereocenters. The summed E-state index contributed by atoms with van der Waals surface area (Å²) in [4.78, 5) is 43.9. The molecular weight excluding hydrogens is 410 g/mol. The number of carbonyl (C=O) groups excluding carboxylic acids is 3. The van der Waals surface area contributed by atoms with E-state index in [0.717, 1.165) is 25.5 Å². The van der Waals surface area contributed by atoms with Gasteiger partial charge in [-0.05, 0) is 18.9 Å². The molecule has 0 aliphatic carbocycles. The second kappa shape index (κ2) is 7.38. The van der Waals surface area contributed by atoms with Gasteiger partial charge in [0.1, 0.15) is 35.5 Å². The molecule has 5 rings (SSSR count). The quantitative estimate of drug-likeness (QED) is 0.639. The van der Waals surface area contributed by atoms with Crippen molar-refractivity contribution >= 4 is 17.6 Å². The Bertz CT molecular complexity index is 1000. The van der Waals surface area contributed by atoms with Crippen LogP contribution in [-0.2, 0) is 20.9 Å². The summed E-state index contributed by atoms with van der Waals surface area (Å²) in [6.07, 6.45) is 1.60. The first kappa shape index (κ1) is 20.1. The molecule has 8 nitrogen and oxygen atoms in total. The van der Waals surface area contributed by atoms with Crippen LogP contribution in [0.4, 0.5) is 8.78 Å². The van der Waals surface area contributed by atoms with E-state index in [2.05, 4.69) is 10.2 Å². The number of halogens is 2. The first-order chi connectivity index (χ1) is 14.8. The van der Waals surface area contributed by atoms with Crippen molar-refractivity contribution in [2.24, 2.45) is 0 Å². The first-order valence-electron chi connectivity index (χ1n) is 10.3. The number of benzene rings is 1. The monoisotopic (exact) mass is 432 g/mol. The summed E-state index contributed by atoms with van der Waals surface area (Å²) in [5.74, 6) is -3.48. The van der Waals surface area contributed by atoms with Crippen LogP contribution in [0.1, 0.15) is 18.4 Å². The van der Waals surface area contributed by atoms with Gasteiger partial charge in [0.05, 0.1) is 6.54 Å². The maximum absolute atomic E-state index is 13.8. The van der Waals surface area contributed by atoms with E-state index in [4.69, 9.17) is 0 Å². The predicted octanol–water partition coefficient (Wildman–Crippen LogP) is -0.275. The predicted molar refractivity (Wildman–Crippen MR) is 103 cm³/mol. The maximum Gasteiger partial charge on any atom is 0.256 e. The third-order valence-corrected chi connectivity index (χ3v) is 6.67. The second-order valence-electron chi connectivity index (χ2n) is 8.42. The average molecular weight is 432 g/mol. The van der Waals surface area contributed by atoms with Crippen LogP contribution in [0.3, 0.4) is 0 Å². The van der Waals surface area contributed by atoms with Crippen LogP contribution in [0.15, 0.2) is 30.0 Å². The van der Waals surface area contributed by atoms with Crippen molar-refractivity contribution in [2.45, 2.75) is 43.7 Å². The molecule has 2 N–H and O–H groups in total. The minimum atomic E-state index is -1.66. The number of ketones is 1. The van der Waals surface area contributed by atoms with Crippen LogP contribution in [-0.4, -0.2) is 81.4 Å². The number of hydrogen-bond acceptors (Lipinski definition) is 6. The highest BCUT2D eigenvalue weighted by atomic mass is 19.1. The van der Waals surface area contributed by atoms with Crippen molar-refractivity contribution in [3.63, 3.8) is 0 Å². The topological polar surface area (TPSA) is 93.2 Å². The Balaban J connectivity index is 1.35. The highest BCUT2D eigenvalue weighted by Gasteiger charge is 2.54. The molecule has 4 atom stereocenters. The van der Waals surface area contributed by atoms with E-state index in [1.807, 2.05) is 0 Å². The van der Waals surface area contributed by atoms with Gasteiger partial charge in [0.15, 0.2) is 0 Å². The number of hydrogen-bond donors (Lipinski definition) is 2. The summed E-state index contributed by atoms with van der Waals surface area (Å²) in [5.41, 5.74) is -0.227. The summed E-state index contributed by atoms with van der Waals surface area (Å²) < 4.78 is 26.9. The molecule has 1 aromatic carbocycles. The largest absolute Gasteiger partial charge is 0.382 e. The number of nitrogens with zero attached hydrogens (tertiary/aromatic N) is 3. The number of piperazine rings is 1. The van der Waals surface area contributed by atoms with Crippen LogP contribution in [0.2, 0.25) is 0 Å². The number of aliphatic hydroxyl groups is 1. The fraction of sp³-hybridized carbons (Fsp3) is 0.476. The molecule has 0 saturated carbocycles. The van der Waals surface area contributed by atoms with Crippen LogP contribution < -0.4 is 5.32 Å². The van der Waals surface area contributed by atoms with Gasteiger partial charge in [0.25, 0.3) is 5.91 Å². The summed E-state index contributed by atoms with van der Waals surface area (Å²) >= 11 is 0. The second-order valence-corrected chi connectivity index (χ2v) is 8.42. The SMILES string of the molecule is O=C(NCc1ccc(F)cc1F)C1=CN2C[C@@H]3N(C[C@H]4CCCN43)C(=O)C2C(O)C1=O. The van der Waals surface area contributed by atoms with Crippen molar-refractivity contribution in [2.75, 3.05) is 19.6 Å². The van der Waals surface area contributed by atoms with Crippen molar-refractivity contribution in [1.29, 1.82) is 0 Å². The minimum absolute atomic E-state index is 0.0619. The lowest BCUT2D eigenvalue weighted by atomic mass is 9.92. The fourth-order valence-electron chi connectivity index (χ4n) is 5.12. The summed E-state index contributed by atoms with van der Waals surface area (Å²) in [6, 6.07) is 2.23. The average Bonchev–Trinajstić information content (AvgIpc) is 3.32. The van der Waals surface area contributed by atoms with E-state index in [1.54, 1.807) is 9.80 Å². The molecule has 0 aromatic heterocycles. The molecule has 0 bridgehead atoms. The van der Waals surface area contributed by atoms with Gasteiger partial charge < -0.3 is 20.2 Å². The van der Waals surface area contributed by atoms with Crippen LogP contribution in [0.25, 0.3) is 0 Å². The lowest BCUT2D eigenvalue weighted by Gasteiger charge is -2.47. The molecule has 3 saturated heterocycles. The normalized spacial score (nSPS) is 30.1. The Morgan fingerprint density at radius 2 is 2.03 bits per heavy atom. The molecule has 4 heterocycles. The van der Waals surface area contributed by atoms with Gasteiger partial charge in [-0.1, -0.05) is 6.07 Å². The molecule has 4 aliphatic heterocycles. The highest BCUT2D eigenvalue weighted by molar-refractivity contribution is 6.22. The van der Waals surface area contributed by atoms with Crippen LogP contribution in [0, 0.1) is 11.6 Å². The Hall–Kier alpha value is -2.85. The van der Waals surface area contributed by atoms with Gasteiger partial charge in [-0.2, -0.15) is 0 Å². The van der Waals surface area contributed by atoms with E-state index in [9.17, 15) is 28.3 Å². The number of amides is 2. The highest BCUT2D eigenvalue weighted by Crippen LogP contribution is 2.35. The molecule has 164 valence electrons. The molecule has 31 heavy (non-hydrogen) atoms. The van der Waals surface area contributed by atoms with E-state index in [-0.39, 0.29) is 29.8 Å². The van der Waals surface area contributed by atoms with Crippen molar-refractivity contribution in [1.82, 2.24) is 20.0 Å². The van der Waals surface area contributed by atoms with Crippen molar-refractivity contribution in [3.05, 3.63) is 47.2 Å². The minimum Gasteiger partial charge on any atom is -0.382 e. The van der Waals surface area contributed by atoms with Crippen molar-refractivity contribution in [3.8, 4) is 0 Å². The van der Waals surface area contributed by atoms with E-state index in [1.165, 1.54) is 12.3 Å². The molecule has 1 aromatic rings. The summed E-state index contributed by atoms with van der Waals surface area (Å²) in [6.45, 7) is 1.62. The Morgan fingerprint density at radius 3 is 2.81 bits per heavy atom. The lowest BCUT2D eigenvalue weighted by Crippen LogP contribution is -2.67. The standard InChI is InChI=1S/C21H22F2N4O4/c22-12-4-3-11(15(23)6-12)7-24-20(30)14-9-25-10-16-26-5-1-2-13(26)8-27(16)21(31)17(25)19(29)18(14)28/h3-4,6,9,13,16-17,19,29H,1-2,5,7-8,10H2,(H,24,30)/t13-,16+,17?,19?/m1/s1. The zero-order valence-electron chi connectivity index (χ0n) is 16.6. The van der Waals surface area contributed by atoms with E-state index in [0.29, 0.717) is 25.2 Å². The third-order valence-electron chi connectivity index (χ3n) is 6.67. The zero-order valence-corrected chi connectivity index (χ0v) is 16.6. The smallest absolute Gasteiger partial charge is 0.256 e. The number of aliphatic hydroxyl groups excluding tert-OH is 1. The summed E-state index contributed by atoms with van der Waals surface area (Å²) in [5, 5.41) is 13.0. The number of rotatable bonds is 3. The number of Topliss-reactive ketones (excluding diaryl/α,β-unsaturated/α-hetero) is 1. The van der Waals surface area contributed by atoms with Gasteiger partial charge in [0, 0.05) is 43.5 Å². The Morgan fingerprint density at radius 1 is 1.23 bits per heavy atom. The van der Waals surface area contributed by atoms with Gasteiger partial charge in [-0.3, -0.25) is 19.3 Å². The molecule has 4 aliphatic rings. The molecule has 2 amide bonds. The van der Waals surface area contributed by atoms with E-state index < -0.39 is 35.5 Å². The van der Waals surface area contributed by atoms with Crippen molar-refractivity contribution < 1.29 is 28.3 Å². The molecule has 3 fully saturated rings. The van der Waals surface area contributed by atoms with Crippen LogP contribution >= 0.6 is 0 Å². The number of carbonyl (C=O) groups is 3. The molecule has 10 heteroatoms. The van der Waals surface area contributed by atoms with Crippen LogP contribution in [0.5, 0.6) is 0 Å². The Kier molecular flexibility index (Phi) is 4.78. The Labute approximate surface area is 177 Å². The first-order valence-corrected chi connectivity index (χ1v) is 10.3. The maximum atomic E-state index is 13.8. The lowest BCUT2D eigenvalue weighted by molar-refractivity contribution is -0.155. The van der Waals surface area contributed by atoms with Gasteiger partial charge in [-0.15, -0.1) is 0 Å². The van der Waals surface area contributed by atoms with Gasteiger partial charge in [0.2, 0.25) is 11.7 Å². The van der Waals surface area contributed by atoms with E-state index >= 15 is 0 Å². The molecule has 0 radical (unpaired) electrons. The van der Waals surface area contributed by atoms with Gasteiger partial charge in [-0.25, -0.2) is 8.78 Å². The number of nitrogens with one attached hydrogen (secondary N) is 1. The molecule has 0 spiro atoms. The fourth-order valence-corrected chi connectivity index (χ4v) is 5.12. The number of fused-ring (bicyclic) bond motifs is 4. The molecular formula is C21H22F2N4O4.